The number of nitrogens with one attached hydrogen (secondary N) is 2. The van der Waals surface area contributed by atoms with Gasteiger partial charge in [-0.1, -0.05) is 30.3 Å². The predicted molar refractivity (Wildman–Crippen MR) is 78.5 cm³/mol. The third kappa shape index (κ3) is 2.60. The summed E-state index contributed by atoms with van der Waals surface area (Å²) in [4.78, 5) is 11.1. The second kappa shape index (κ2) is 5.51. The standard InChI is InChI=1S/C16H18N2O2/c19-15-7-5-11-3-1-2-4-13(11)14(15)10-17-12-6-8-16(20)18-9-12/h1-5,7,12,17,19H,6,8-10H2,(H,18,20). The molecule has 3 rings (SSSR count). The van der Waals surface area contributed by atoms with Gasteiger partial charge in [-0.2, -0.15) is 0 Å². The highest BCUT2D eigenvalue weighted by Crippen LogP contribution is 2.27. The lowest BCUT2D eigenvalue weighted by Crippen LogP contribution is -2.45. The minimum absolute atomic E-state index is 0.121. The van der Waals surface area contributed by atoms with Crippen LogP contribution in [0.5, 0.6) is 5.75 Å². The van der Waals surface area contributed by atoms with Crippen molar-refractivity contribution in [2.24, 2.45) is 0 Å². The number of carbonyl (C=O) groups excluding carboxylic acids is 1. The van der Waals surface area contributed by atoms with Gasteiger partial charge in [0.25, 0.3) is 0 Å². The molecule has 1 fully saturated rings. The number of fused-ring (bicyclic) bond motifs is 1. The first-order chi connectivity index (χ1) is 9.74. The smallest absolute Gasteiger partial charge is 0.220 e. The van der Waals surface area contributed by atoms with Crippen LogP contribution in [-0.4, -0.2) is 23.6 Å². The van der Waals surface area contributed by atoms with Crippen molar-refractivity contribution in [1.29, 1.82) is 0 Å². The Labute approximate surface area is 117 Å². The van der Waals surface area contributed by atoms with Crippen molar-refractivity contribution in [2.75, 3.05) is 6.54 Å². The molecule has 0 bridgehead atoms. The highest BCUT2D eigenvalue weighted by molar-refractivity contribution is 5.87. The highest BCUT2D eigenvalue weighted by atomic mass is 16.3. The van der Waals surface area contributed by atoms with Crippen LogP contribution in [0.4, 0.5) is 0 Å². The normalized spacial score (nSPS) is 19.0. The Kier molecular flexibility index (Phi) is 3.56. The van der Waals surface area contributed by atoms with Gasteiger partial charge in [-0.25, -0.2) is 0 Å². The van der Waals surface area contributed by atoms with Crippen LogP contribution in [0.2, 0.25) is 0 Å². The first-order valence-electron chi connectivity index (χ1n) is 6.94. The average Bonchev–Trinajstić information content (AvgIpc) is 2.48. The van der Waals surface area contributed by atoms with E-state index in [-0.39, 0.29) is 11.9 Å². The second-order valence-corrected chi connectivity index (χ2v) is 5.20. The molecule has 1 amide bonds. The molecule has 0 aliphatic carbocycles. The molecule has 1 unspecified atom stereocenters. The number of rotatable bonds is 3. The summed E-state index contributed by atoms with van der Waals surface area (Å²) < 4.78 is 0. The number of hydrogen-bond acceptors (Lipinski definition) is 3. The Balaban J connectivity index is 1.77. The minimum atomic E-state index is 0.121. The number of phenols is 1. The maximum absolute atomic E-state index is 11.1. The quantitative estimate of drug-likeness (QED) is 0.798. The third-order valence-corrected chi connectivity index (χ3v) is 3.85. The molecule has 1 atom stereocenters. The van der Waals surface area contributed by atoms with E-state index in [1.54, 1.807) is 6.07 Å². The highest BCUT2D eigenvalue weighted by Gasteiger charge is 2.18. The van der Waals surface area contributed by atoms with Crippen LogP contribution in [0.25, 0.3) is 10.8 Å². The first-order valence-corrected chi connectivity index (χ1v) is 6.94. The summed E-state index contributed by atoms with van der Waals surface area (Å²) in [7, 11) is 0. The fraction of sp³-hybridized carbons (Fsp3) is 0.312. The zero-order chi connectivity index (χ0) is 13.9. The lowest BCUT2D eigenvalue weighted by Gasteiger charge is -2.24. The third-order valence-electron chi connectivity index (χ3n) is 3.85. The Hall–Kier alpha value is -2.07. The zero-order valence-corrected chi connectivity index (χ0v) is 11.2. The summed E-state index contributed by atoms with van der Waals surface area (Å²) in [5, 5.41) is 18.5. The average molecular weight is 270 g/mol. The van der Waals surface area contributed by atoms with Gasteiger partial charge in [0.05, 0.1) is 0 Å². The molecule has 1 saturated heterocycles. The van der Waals surface area contributed by atoms with Gasteiger partial charge >= 0.3 is 0 Å². The van der Waals surface area contributed by atoms with E-state index in [1.165, 1.54) is 0 Å². The van der Waals surface area contributed by atoms with Crippen LogP contribution in [0.1, 0.15) is 18.4 Å². The molecule has 2 aromatic rings. The number of carbonyl (C=O) groups is 1. The number of benzene rings is 2. The van der Waals surface area contributed by atoms with Gasteiger partial charge in [-0.3, -0.25) is 4.79 Å². The van der Waals surface area contributed by atoms with Gasteiger partial charge < -0.3 is 15.7 Å². The topological polar surface area (TPSA) is 61.4 Å². The number of piperidine rings is 1. The Morgan fingerprint density at radius 2 is 2.10 bits per heavy atom. The molecule has 0 spiro atoms. The van der Waals surface area contributed by atoms with Crippen molar-refractivity contribution in [3.8, 4) is 5.75 Å². The molecule has 20 heavy (non-hydrogen) atoms. The molecule has 4 heteroatoms. The van der Waals surface area contributed by atoms with Gasteiger partial charge in [0.1, 0.15) is 5.75 Å². The number of phenolic OH excluding ortho intramolecular Hbond substituents is 1. The fourth-order valence-electron chi connectivity index (χ4n) is 2.66. The predicted octanol–water partition coefficient (Wildman–Crippen LogP) is 1.91. The molecular weight excluding hydrogens is 252 g/mol. The first kappa shape index (κ1) is 12.9. The molecule has 4 nitrogen and oxygen atoms in total. The largest absolute Gasteiger partial charge is 0.508 e. The van der Waals surface area contributed by atoms with E-state index in [9.17, 15) is 9.90 Å². The zero-order valence-electron chi connectivity index (χ0n) is 11.2. The van der Waals surface area contributed by atoms with Crippen LogP contribution < -0.4 is 10.6 Å². The van der Waals surface area contributed by atoms with Crippen LogP contribution in [0, 0.1) is 0 Å². The summed E-state index contributed by atoms with van der Waals surface area (Å²) in [6, 6.07) is 12.0. The van der Waals surface area contributed by atoms with Gasteiger partial charge in [0.2, 0.25) is 5.91 Å². The Morgan fingerprint density at radius 3 is 2.90 bits per heavy atom. The molecule has 1 aliphatic heterocycles. The summed E-state index contributed by atoms with van der Waals surface area (Å²) in [6.45, 7) is 1.26. The SMILES string of the molecule is O=C1CCC(NCc2c(O)ccc3ccccc23)CN1. The summed E-state index contributed by atoms with van der Waals surface area (Å²) in [6.07, 6.45) is 1.41. The van der Waals surface area contributed by atoms with Crippen LogP contribution >= 0.6 is 0 Å². The van der Waals surface area contributed by atoms with Crippen molar-refractivity contribution in [3.05, 3.63) is 42.0 Å². The van der Waals surface area contributed by atoms with E-state index in [2.05, 4.69) is 10.6 Å². The fourth-order valence-corrected chi connectivity index (χ4v) is 2.66. The summed E-state index contributed by atoms with van der Waals surface area (Å²) in [5.74, 6) is 0.437. The van der Waals surface area contributed by atoms with E-state index in [0.717, 1.165) is 22.8 Å². The Bertz CT molecular complexity index is 629. The maximum atomic E-state index is 11.1. The second-order valence-electron chi connectivity index (χ2n) is 5.20. The lowest BCUT2D eigenvalue weighted by atomic mass is 10.0. The van der Waals surface area contributed by atoms with Crippen LogP contribution in [0.3, 0.4) is 0 Å². The van der Waals surface area contributed by atoms with Crippen molar-refractivity contribution in [3.63, 3.8) is 0 Å². The Morgan fingerprint density at radius 1 is 1.25 bits per heavy atom. The van der Waals surface area contributed by atoms with E-state index >= 15 is 0 Å². The minimum Gasteiger partial charge on any atom is -0.508 e. The molecular formula is C16H18N2O2. The molecule has 104 valence electrons. The maximum Gasteiger partial charge on any atom is 0.220 e. The molecule has 0 radical (unpaired) electrons. The van der Waals surface area contributed by atoms with Gasteiger partial charge in [0, 0.05) is 31.1 Å². The molecule has 1 heterocycles. The van der Waals surface area contributed by atoms with Gasteiger partial charge in [-0.05, 0) is 23.3 Å². The lowest BCUT2D eigenvalue weighted by molar-refractivity contribution is -0.122. The van der Waals surface area contributed by atoms with E-state index in [0.29, 0.717) is 25.3 Å². The van der Waals surface area contributed by atoms with Crippen LogP contribution in [-0.2, 0) is 11.3 Å². The van der Waals surface area contributed by atoms with Crippen molar-refractivity contribution < 1.29 is 9.90 Å². The number of hydrogen-bond donors (Lipinski definition) is 3. The molecule has 3 N–H and O–H groups in total. The van der Waals surface area contributed by atoms with Crippen molar-refractivity contribution >= 4 is 16.7 Å². The number of aromatic hydroxyl groups is 1. The van der Waals surface area contributed by atoms with Gasteiger partial charge in [0.15, 0.2) is 0 Å². The van der Waals surface area contributed by atoms with E-state index < -0.39 is 0 Å². The van der Waals surface area contributed by atoms with Gasteiger partial charge in [-0.15, -0.1) is 0 Å². The molecule has 2 aromatic carbocycles. The van der Waals surface area contributed by atoms with Crippen LogP contribution in [0.15, 0.2) is 36.4 Å². The summed E-state index contributed by atoms with van der Waals surface area (Å²) in [5.41, 5.74) is 0.917. The van der Waals surface area contributed by atoms with E-state index in [1.807, 2.05) is 30.3 Å². The van der Waals surface area contributed by atoms with E-state index in [4.69, 9.17) is 0 Å². The monoisotopic (exact) mass is 270 g/mol. The van der Waals surface area contributed by atoms with Crippen molar-refractivity contribution in [1.82, 2.24) is 10.6 Å². The molecule has 0 saturated carbocycles. The molecule has 1 aliphatic rings. The number of amides is 1. The van der Waals surface area contributed by atoms with Crippen molar-refractivity contribution in [2.45, 2.75) is 25.4 Å². The molecule has 0 aromatic heterocycles. The summed E-state index contributed by atoms with van der Waals surface area (Å²) >= 11 is 0.